The van der Waals surface area contributed by atoms with Crippen molar-refractivity contribution in [1.82, 2.24) is 9.88 Å². The van der Waals surface area contributed by atoms with Gasteiger partial charge in [0.15, 0.2) is 0 Å². The second-order valence-corrected chi connectivity index (χ2v) is 4.46. The molecule has 2 heterocycles. The largest absolute Gasteiger partial charge is 0.386 e. The molecule has 1 fully saturated rings. The summed E-state index contributed by atoms with van der Waals surface area (Å²) in [7, 11) is 0. The van der Waals surface area contributed by atoms with E-state index in [0.717, 1.165) is 12.8 Å². The van der Waals surface area contributed by atoms with Gasteiger partial charge >= 0.3 is 0 Å². The third-order valence-corrected chi connectivity index (χ3v) is 3.21. The molecule has 4 N–H and O–H groups in total. The van der Waals surface area contributed by atoms with Gasteiger partial charge in [-0.3, -0.25) is 9.59 Å². The Morgan fingerprint density at radius 1 is 1.44 bits per heavy atom. The lowest BCUT2D eigenvalue weighted by Crippen LogP contribution is -2.46. The number of carbonyl (C=O) groups is 1. The molecule has 1 saturated heterocycles. The van der Waals surface area contributed by atoms with E-state index in [1.807, 2.05) is 0 Å². The molecule has 2 atom stereocenters. The molecule has 1 aromatic heterocycles. The topological polar surface area (TPSA) is 99.4 Å². The number of rotatable bonds is 3. The highest BCUT2D eigenvalue weighted by Crippen LogP contribution is 2.16. The summed E-state index contributed by atoms with van der Waals surface area (Å²) < 4.78 is 0. The van der Waals surface area contributed by atoms with Crippen molar-refractivity contribution in [2.45, 2.75) is 25.0 Å². The fourth-order valence-electron chi connectivity index (χ4n) is 2.14. The minimum Gasteiger partial charge on any atom is -0.386 e. The number of aliphatic hydroxyl groups excluding tert-OH is 1. The van der Waals surface area contributed by atoms with E-state index in [-0.39, 0.29) is 11.5 Å². The van der Waals surface area contributed by atoms with Crippen molar-refractivity contribution in [3.8, 4) is 0 Å². The quantitative estimate of drug-likeness (QED) is 0.665. The van der Waals surface area contributed by atoms with Crippen LogP contribution >= 0.6 is 0 Å². The summed E-state index contributed by atoms with van der Waals surface area (Å²) in [4.78, 5) is 27.6. The van der Waals surface area contributed by atoms with Gasteiger partial charge in [-0.2, -0.15) is 0 Å². The van der Waals surface area contributed by atoms with Gasteiger partial charge in [-0.05, 0) is 25.0 Å². The van der Waals surface area contributed by atoms with Gasteiger partial charge in [0.25, 0.3) is 5.56 Å². The van der Waals surface area contributed by atoms with Gasteiger partial charge in [0.1, 0.15) is 12.1 Å². The Bertz CT molecular complexity index is 479. The monoisotopic (exact) mass is 251 g/mol. The smallest absolute Gasteiger partial charge is 0.253 e. The molecule has 6 heteroatoms. The Morgan fingerprint density at radius 3 is 2.72 bits per heavy atom. The molecule has 98 valence electrons. The van der Waals surface area contributed by atoms with Gasteiger partial charge in [-0.1, -0.05) is 0 Å². The fraction of sp³-hybridized carbons (Fsp3) is 0.500. The molecule has 1 aromatic rings. The van der Waals surface area contributed by atoms with Gasteiger partial charge in [0.2, 0.25) is 5.91 Å². The van der Waals surface area contributed by atoms with Crippen molar-refractivity contribution in [2.24, 2.45) is 5.73 Å². The number of aliphatic hydroxyl groups is 1. The third kappa shape index (κ3) is 2.44. The van der Waals surface area contributed by atoms with E-state index in [0.29, 0.717) is 13.1 Å². The number of aromatic amines is 1. The predicted octanol–water partition coefficient (Wildman–Crippen LogP) is -0.642. The summed E-state index contributed by atoms with van der Waals surface area (Å²) in [5.41, 5.74) is 5.45. The van der Waals surface area contributed by atoms with E-state index in [1.165, 1.54) is 12.3 Å². The molecule has 0 unspecified atom stereocenters. The Labute approximate surface area is 104 Å². The van der Waals surface area contributed by atoms with Crippen molar-refractivity contribution in [1.29, 1.82) is 0 Å². The normalized spacial score (nSPS) is 18.7. The van der Waals surface area contributed by atoms with Crippen LogP contribution in [-0.2, 0) is 4.79 Å². The van der Waals surface area contributed by atoms with Gasteiger partial charge < -0.3 is 20.7 Å². The summed E-state index contributed by atoms with van der Waals surface area (Å²) in [5, 5.41) is 10.0. The lowest BCUT2D eigenvalue weighted by molar-refractivity contribution is -0.134. The molecule has 0 bridgehead atoms. The number of pyridine rings is 1. The Morgan fingerprint density at radius 2 is 2.11 bits per heavy atom. The fourth-order valence-corrected chi connectivity index (χ4v) is 2.14. The highest BCUT2D eigenvalue weighted by atomic mass is 16.3. The summed E-state index contributed by atoms with van der Waals surface area (Å²) in [6.07, 6.45) is 2.11. The maximum absolute atomic E-state index is 12.0. The SMILES string of the molecule is N[C@@H](C(=O)N1CCCC1)[C@@H](O)c1ccc[nH]c1=O. The number of nitrogens with zero attached hydrogens (tertiary/aromatic N) is 1. The average Bonchev–Trinajstić information content (AvgIpc) is 2.90. The van der Waals surface area contributed by atoms with Gasteiger partial charge in [0, 0.05) is 24.8 Å². The van der Waals surface area contributed by atoms with Crippen LogP contribution in [-0.4, -0.2) is 40.0 Å². The Balaban J connectivity index is 2.13. The lowest BCUT2D eigenvalue weighted by Gasteiger charge is -2.23. The second kappa shape index (κ2) is 5.32. The predicted molar refractivity (Wildman–Crippen MR) is 65.8 cm³/mol. The number of hydrogen-bond donors (Lipinski definition) is 3. The first kappa shape index (κ1) is 12.8. The standard InChI is InChI=1S/C12H17N3O3/c13-9(12(18)15-6-1-2-7-15)10(16)8-4-3-5-14-11(8)17/h3-5,9-10,16H,1-2,6-7,13H2,(H,14,17)/t9-,10+/m1/s1. The summed E-state index contributed by atoms with van der Waals surface area (Å²) >= 11 is 0. The molecule has 0 radical (unpaired) electrons. The molecule has 0 aliphatic carbocycles. The van der Waals surface area contributed by atoms with Crippen LogP contribution in [0, 0.1) is 0 Å². The number of hydrogen-bond acceptors (Lipinski definition) is 4. The molecular weight excluding hydrogens is 234 g/mol. The number of nitrogens with one attached hydrogen (secondary N) is 1. The van der Waals surface area contributed by atoms with Crippen LogP contribution in [0.3, 0.4) is 0 Å². The number of carbonyl (C=O) groups excluding carboxylic acids is 1. The minimum absolute atomic E-state index is 0.123. The third-order valence-electron chi connectivity index (χ3n) is 3.21. The van der Waals surface area contributed by atoms with Crippen molar-refractivity contribution >= 4 is 5.91 Å². The molecule has 0 aromatic carbocycles. The molecular formula is C12H17N3O3. The number of nitrogens with two attached hydrogens (primary N) is 1. The zero-order valence-corrected chi connectivity index (χ0v) is 10.0. The van der Waals surface area contributed by atoms with E-state index in [9.17, 15) is 14.7 Å². The highest BCUT2D eigenvalue weighted by molar-refractivity contribution is 5.82. The van der Waals surface area contributed by atoms with Crippen LogP contribution in [0.15, 0.2) is 23.1 Å². The van der Waals surface area contributed by atoms with Crippen molar-refractivity contribution in [2.75, 3.05) is 13.1 Å². The minimum atomic E-state index is -1.27. The van der Waals surface area contributed by atoms with Gasteiger partial charge in [0.05, 0.1) is 0 Å². The van der Waals surface area contributed by atoms with Gasteiger partial charge in [-0.25, -0.2) is 0 Å². The molecule has 18 heavy (non-hydrogen) atoms. The van der Waals surface area contributed by atoms with E-state index in [4.69, 9.17) is 5.73 Å². The van der Waals surface area contributed by atoms with Crippen LogP contribution in [0.2, 0.25) is 0 Å². The first-order valence-electron chi connectivity index (χ1n) is 6.01. The van der Waals surface area contributed by atoms with Crippen LogP contribution in [0.25, 0.3) is 0 Å². The van der Waals surface area contributed by atoms with E-state index >= 15 is 0 Å². The van der Waals surface area contributed by atoms with Gasteiger partial charge in [-0.15, -0.1) is 0 Å². The van der Waals surface area contributed by atoms with Crippen molar-refractivity contribution in [3.63, 3.8) is 0 Å². The number of H-pyrrole nitrogens is 1. The molecule has 0 saturated carbocycles. The maximum Gasteiger partial charge on any atom is 0.253 e. The zero-order chi connectivity index (χ0) is 13.1. The van der Waals surface area contributed by atoms with Crippen molar-refractivity contribution < 1.29 is 9.90 Å². The number of likely N-dealkylation sites (tertiary alicyclic amines) is 1. The van der Waals surface area contributed by atoms with Crippen LogP contribution in [0.4, 0.5) is 0 Å². The molecule has 1 amide bonds. The number of amides is 1. The Kier molecular flexibility index (Phi) is 3.78. The lowest BCUT2D eigenvalue weighted by atomic mass is 10.0. The first-order valence-corrected chi connectivity index (χ1v) is 6.01. The molecule has 2 rings (SSSR count). The van der Waals surface area contributed by atoms with Crippen molar-refractivity contribution in [3.05, 3.63) is 34.2 Å². The molecule has 1 aliphatic heterocycles. The van der Waals surface area contributed by atoms with E-state index < -0.39 is 17.7 Å². The Hall–Kier alpha value is -1.66. The summed E-state index contributed by atoms with van der Waals surface area (Å²) in [6, 6.07) is 1.97. The van der Waals surface area contributed by atoms with Crippen LogP contribution < -0.4 is 11.3 Å². The van der Waals surface area contributed by atoms with E-state index in [2.05, 4.69) is 4.98 Å². The van der Waals surface area contributed by atoms with Crippen LogP contribution in [0.1, 0.15) is 24.5 Å². The zero-order valence-electron chi connectivity index (χ0n) is 10.0. The number of aromatic nitrogens is 1. The summed E-state index contributed by atoms with van der Waals surface area (Å²) in [5.74, 6) is -0.303. The highest BCUT2D eigenvalue weighted by Gasteiger charge is 2.30. The van der Waals surface area contributed by atoms with E-state index in [1.54, 1.807) is 11.0 Å². The first-order chi connectivity index (χ1) is 8.61. The average molecular weight is 251 g/mol. The molecule has 1 aliphatic rings. The van der Waals surface area contributed by atoms with Crippen LogP contribution in [0.5, 0.6) is 0 Å². The maximum atomic E-state index is 12.0. The molecule has 0 spiro atoms. The second-order valence-electron chi connectivity index (χ2n) is 4.46. The summed E-state index contributed by atoms with van der Waals surface area (Å²) in [6.45, 7) is 1.34. The molecule has 6 nitrogen and oxygen atoms in total.